The van der Waals surface area contributed by atoms with Crippen LogP contribution in [0.25, 0.3) is 0 Å². The summed E-state index contributed by atoms with van der Waals surface area (Å²) in [5.41, 5.74) is 0. The number of carbonyl (C=O) groups excluding carboxylic acids is 1. The summed E-state index contributed by atoms with van der Waals surface area (Å²) in [6.45, 7) is 3.07. The Morgan fingerprint density at radius 1 is 1.71 bits per heavy atom. The molecule has 1 N–H and O–H groups in total. The molecule has 1 heterocycles. The molecular formula is C9H14N2O3. The van der Waals surface area contributed by atoms with Gasteiger partial charge >= 0.3 is 0 Å². The van der Waals surface area contributed by atoms with E-state index in [1.165, 1.54) is 0 Å². The van der Waals surface area contributed by atoms with Gasteiger partial charge in [0.2, 0.25) is 0 Å². The fraction of sp³-hybridized carbons (Fsp3) is 0.778. The van der Waals surface area contributed by atoms with Crippen LogP contribution in [-0.2, 0) is 14.3 Å². The van der Waals surface area contributed by atoms with E-state index in [2.05, 4.69) is 5.32 Å². The van der Waals surface area contributed by atoms with Gasteiger partial charge in [0.15, 0.2) is 6.10 Å². The fourth-order valence-electron chi connectivity index (χ4n) is 1.13. The number of nitrogens with zero attached hydrogens (tertiary/aromatic N) is 1. The normalized spacial score (nSPS) is 23.6. The summed E-state index contributed by atoms with van der Waals surface area (Å²) in [6, 6.07) is 1.56. The molecule has 0 aromatic rings. The second-order valence-electron chi connectivity index (χ2n) is 3.03. The average molecular weight is 198 g/mol. The van der Waals surface area contributed by atoms with E-state index in [-0.39, 0.29) is 12.5 Å². The summed E-state index contributed by atoms with van der Waals surface area (Å²) in [5, 5.41) is 11.2. The van der Waals surface area contributed by atoms with Gasteiger partial charge < -0.3 is 14.8 Å². The standard InChI is InChI=1S/C9H14N2O3/c1-2-7(5-10)11-9(12)8-6-13-3-4-14-8/h7-8H,2-4,6H2,1H3,(H,11,12). The molecule has 78 valence electrons. The van der Waals surface area contributed by atoms with E-state index in [4.69, 9.17) is 14.7 Å². The lowest BCUT2D eigenvalue weighted by atomic mass is 10.2. The van der Waals surface area contributed by atoms with Crippen LogP contribution in [0.2, 0.25) is 0 Å². The first kappa shape index (κ1) is 11.0. The van der Waals surface area contributed by atoms with Crippen LogP contribution >= 0.6 is 0 Å². The zero-order valence-electron chi connectivity index (χ0n) is 8.16. The summed E-state index contributed by atoms with van der Waals surface area (Å²) < 4.78 is 10.3. The highest BCUT2D eigenvalue weighted by Gasteiger charge is 2.24. The van der Waals surface area contributed by atoms with E-state index >= 15 is 0 Å². The molecular weight excluding hydrogens is 184 g/mol. The number of amides is 1. The van der Waals surface area contributed by atoms with Crippen molar-refractivity contribution in [2.24, 2.45) is 0 Å². The molecule has 1 amide bonds. The molecule has 14 heavy (non-hydrogen) atoms. The van der Waals surface area contributed by atoms with Crippen LogP contribution in [0.1, 0.15) is 13.3 Å². The molecule has 5 heteroatoms. The number of rotatable bonds is 3. The van der Waals surface area contributed by atoms with Gasteiger partial charge in [-0.1, -0.05) is 6.92 Å². The lowest BCUT2D eigenvalue weighted by molar-refractivity contribution is -0.147. The SMILES string of the molecule is CCC(C#N)NC(=O)C1COCCO1. The molecule has 0 saturated carbocycles. The van der Waals surface area contributed by atoms with Crippen molar-refractivity contribution in [3.63, 3.8) is 0 Å². The number of ether oxygens (including phenoxy) is 2. The molecule has 1 aliphatic heterocycles. The summed E-state index contributed by atoms with van der Waals surface area (Å²) in [5.74, 6) is -0.266. The Labute approximate surface area is 83.0 Å². The van der Waals surface area contributed by atoms with Crippen molar-refractivity contribution >= 4 is 5.91 Å². The Morgan fingerprint density at radius 3 is 3.00 bits per heavy atom. The lowest BCUT2D eigenvalue weighted by Crippen LogP contribution is -2.46. The van der Waals surface area contributed by atoms with Gasteiger partial charge in [-0.3, -0.25) is 4.79 Å². The molecule has 1 saturated heterocycles. The van der Waals surface area contributed by atoms with Gasteiger partial charge in [0.25, 0.3) is 5.91 Å². The maximum atomic E-state index is 11.5. The lowest BCUT2D eigenvalue weighted by Gasteiger charge is -2.22. The Kier molecular flexibility index (Phi) is 4.36. The van der Waals surface area contributed by atoms with Crippen molar-refractivity contribution in [3.8, 4) is 6.07 Å². The Morgan fingerprint density at radius 2 is 2.50 bits per heavy atom. The Balaban J connectivity index is 2.36. The second-order valence-corrected chi connectivity index (χ2v) is 3.03. The van der Waals surface area contributed by atoms with Crippen LogP contribution in [0, 0.1) is 11.3 Å². The summed E-state index contributed by atoms with van der Waals surface area (Å²) in [6.07, 6.45) is 0.0293. The van der Waals surface area contributed by atoms with Gasteiger partial charge in [0.1, 0.15) is 6.04 Å². The van der Waals surface area contributed by atoms with Gasteiger partial charge in [0.05, 0.1) is 25.9 Å². The first-order valence-corrected chi connectivity index (χ1v) is 4.67. The van der Waals surface area contributed by atoms with E-state index in [1.807, 2.05) is 13.0 Å². The van der Waals surface area contributed by atoms with Crippen LogP contribution in [0.3, 0.4) is 0 Å². The number of nitriles is 1. The van der Waals surface area contributed by atoms with E-state index in [0.717, 1.165) is 0 Å². The van der Waals surface area contributed by atoms with E-state index in [0.29, 0.717) is 19.6 Å². The molecule has 1 rings (SSSR count). The zero-order valence-corrected chi connectivity index (χ0v) is 8.16. The first-order valence-electron chi connectivity index (χ1n) is 4.67. The zero-order chi connectivity index (χ0) is 10.4. The number of nitrogens with one attached hydrogen (secondary N) is 1. The number of hydrogen-bond donors (Lipinski definition) is 1. The summed E-state index contributed by atoms with van der Waals surface area (Å²) in [4.78, 5) is 11.5. The quantitative estimate of drug-likeness (QED) is 0.682. The summed E-state index contributed by atoms with van der Waals surface area (Å²) in [7, 11) is 0. The van der Waals surface area contributed by atoms with Crippen molar-refractivity contribution in [2.45, 2.75) is 25.5 Å². The highest BCUT2D eigenvalue weighted by atomic mass is 16.6. The van der Waals surface area contributed by atoms with Gasteiger partial charge in [-0.25, -0.2) is 0 Å². The second kappa shape index (κ2) is 5.58. The van der Waals surface area contributed by atoms with Crippen LogP contribution in [0.15, 0.2) is 0 Å². The van der Waals surface area contributed by atoms with Crippen LogP contribution in [-0.4, -0.2) is 37.9 Å². The van der Waals surface area contributed by atoms with E-state index < -0.39 is 12.1 Å². The number of hydrogen-bond acceptors (Lipinski definition) is 4. The molecule has 0 aromatic carbocycles. The molecule has 0 aliphatic carbocycles. The maximum absolute atomic E-state index is 11.5. The van der Waals surface area contributed by atoms with Crippen LogP contribution < -0.4 is 5.32 Å². The minimum absolute atomic E-state index is 0.266. The molecule has 1 aliphatic rings. The topological polar surface area (TPSA) is 71.4 Å². The van der Waals surface area contributed by atoms with Crippen LogP contribution in [0.4, 0.5) is 0 Å². The van der Waals surface area contributed by atoms with Crippen molar-refractivity contribution in [3.05, 3.63) is 0 Å². The molecule has 1 fully saturated rings. The smallest absolute Gasteiger partial charge is 0.252 e. The van der Waals surface area contributed by atoms with Gasteiger partial charge in [-0.15, -0.1) is 0 Å². The summed E-state index contributed by atoms with van der Waals surface area (Å²) >= 11 is 0. The van der Waals surface area contributed by atoms with Gasteiger partial charge in [-0.05, 0) is 6.42 Å². The Hall–Kier alpha value is -1.12. The van der Waals surface area contributed by atoms with Crippen molar-refractivity contribution in [1.82, 2.24) is 5.32 Å². The molecule has 0 spiro atoms. The third-order valence-corrected chi connectivity index (χ3v) is 1.99. The predicted molar refractivity (Wildman–Crippen MR) is 48.4 cm³/mol. The third kappa shape index (κ3) is 2.98. The van der Waals surface area contributed by atoms with Crippen LogP contribution in [0.5, 0.6) is 0 Å². The average Bonchev–Trinajstić information content (AvgIpc) is 2.26. The van der Waals surface area contributed by atoms with Crippen molar-refractivity contribution < 1.29 is 14.3 Å². The first-order chi connectivity index (χ1) is 6.77. The number of carbonyl (C=O) groups is 1. The predicted octanol–water partition coefficient (Wildman–Crippen LogP) is -0.180. The van der Waals surface area contributed by atoms with Gasteiger partial charge in [-0.2, -0.15) is 5.26 Å². The fourth-order valence-corrected chi connectivity index (χ4v) is 1.13. The highest BCUT2D eigenvalue weighted by molar-refractivity contribution is 5.81. The van der Waals surface area contributed by atoms with Crippen molar-refractivity contribution in [1.29, 1.82) is 5.26 Å². The minimum Gasteiger partial charge on any atom is -0.376 e. The van der Waals surface area contributed by atoms with Crippen molar-refractivity contribution in [2.75, 3.05) is 19.8 Å². The Bertz CT molecular complexity index is 231. The third-order valence-electron chi connectivity index (χ3n) is 1.99. The van der Waals surface area contributed by atoms with E-state index in [9.17, 15) is 4.79 Å². The monoisotopic (exact) mass is 198 g/mol. The molecule has 2 unspecified atom stereocenters. The van der Waals surface area contributed by atoms with E-state index in [1.54, 1.807) is 0 Å². The maximum Gasteiger partial charge on any atom is 0.252 e. The molecule has 5 nitrogen and oxygen atoms in total. The molecule has 0 bridgehead atoms. The minimum atomic E-state index is -0.564. The molecule has 0 radical (unpaired) electrons. The highest BCUT2D eigenvalue weighted by Crippen LogP contribution is 2.01. The molecule has 2 atom stereocenters. The largest absolute Gasteiger partial charge is 0.376 e. The molecule has 0 aromatic heterocycles. The van der Waals surface area contributed by atoms with Gasteiger partial charge in [0, 0.05) is 0 Å².